The molecule has 1 aromatic heterocycles. The molecule has 1 fully saturated rings. The fourth-order valence-corrected chi connectivity index (χ4v) is 2.92. The molecule has 20 heavy (non-hydrogen) atoms. The lowest BCUT2D eigenvalue weighted by molar-refractivity contribution is -0.0290. The molecule has 2 heterocycles. The quantitative estimate of drug-likeness (QED) is 0.881. The number of benzene rings is 1. The van der Waals surface area contributed by atoms with E-state index in [4.69, 9.17) is 27.0 Å². The second-order valence-corrected chi connectivity index (χ2v) is 5.40. The summed E-state index contributed by atoms with van der Waals surface area (Å²) in [5.74, 6) is 0. The number of ether oxygens (including phenoxy) is 2. The SMILES string of the molecule is COC1(Cn2c(=S)[nH]c3c(C#N)cccc32)CCOC1. The van der Waals surface area contributed by atoms with Crippen molar-refractivity contribution in [1.29, 1.82) is 5.26 Å². The Morgan fingerprint density at radius 2 is 2.45 bits per heavy atom. The van der Waals surface area contributed by atoms with Crippen LogP contribution in [0, 0.1) is 16.1 Å². The average Bonchev–Trinajstić information content (AvgIpc) is 3.05. The summed E-state index contributed by atoms with van der Waals surface area (Å²) in [5, 5.41) is 9.16. The average molecular weight is 289 g/mol. The molecule has 2 aromatic rings. The van der Waals surface area contributed by atoms with Crippen molar-refractivity contribution in [2.75, 3.05) is 20.3 Å². The van der Waals surface area contributed by atoms with Crippen molar-refractivity contribution in [2.45, 2.75) is 18.6 Å². The van der Waals surface area contributed by atoms with Crippen molar-refractivity contribution in [2.24, 2.45) is 0 Å². The van der Waals surface area contributed by atoms with E-state index in [1.54, 1.807) is 13.2 Å². The van der Waals surface area contributed by atoms with E-state index >= 15 is 0 Å². The first-order chi connectivity index (χ1) is 9.69. The maximum atomic E-state index is 9.16. The molecular formula is C14H15N3O2S. The molecular weight excluding hydrogens is 274 g/mol. The highest BCUT2D eigenvalue weighted by atomic mass is 32.1. The van der Waals surface area contributed by atoms with Crippen molar-refractivity contribution < 1.29 is 9.47 Å². The second kappa shape index (κ2) is 5.02. The van der Waals surface area contributed by atoms with Gasteiger partial charge >= 0.3 is 0 Å². The van der Waals surface area contributed by atoms with Gasteiger partial charge in [0, 0.05) is 20.1 Å². The third kappa shape index (κ3) is 2.04. The van der Waals surface area contributed by atoms with Crippen molar-refractivity contribution in [1.82, 2.24) is 9.55 Å². The Labute approximate surface area is 121 Å². The van der Waals surface area contributed by atoms with E-state index in [1.807, 2.05) is 16.7 Å². The summed E-state index contributed by atoms with van der Waals surface area (Å²) < 4.78 is 13.7. The van der Waals surface area contributed by atoms with Crippen LogP contribution in [-0.4, -0.2) is 35.5 Å². The Bertz CT molecular complexity index is 735. The number of aromatic nitrogens is 2. The number of fused-ring (bicyclic) bond motifs is 1. The number of hydrogen-bond donors (Lipinski definition) is 1. The molecule has 1 atom stereocenters. The minimum Gasteiger partial charge on any atom is -0.378 e. The van der Waals surface area contributed by atoms with Gasteiger partial charge in [0.2, 0.25) is 0 Å². The predicted octanol–water partition coefficient (Wildman–Crippen LogP) is 2.38. The lowest BCUT2D eigenvalue weighted by atomic mass is 10.0. The van der Waals surface area contributed by atoms with Gasteiger partial charge in [0.15, 0.2) is 4.77 Å². The van der Waals surface area contributed by atoms with E-state index in [-0.39, 0.29) is 5.60 Å². The Balaban J connectivity index is 2.11. The Morgan fingerprint density at radius 1 is 1.60 bits per heavy atom. The molecule has 1 aromatic carbocycles. The maximum absolute atomic E-state index is 9.16. The zero-order valence-electron chi connectivity index (χ0n) is 11.2. The molecule has 5 nitrogen and oxygen atoms in total. The highest BCUT2D eigenvalue weighted by molar-refractivity contribution is 7.71. The number of hydrogen-bond acceptors (Lipinski definition) is 4. The lowest BCUT2D eigenvalue weighted by Gasteiger charge is -2.26. The number of nitriles is 1. The number of nitrogens with one attached hydrogen (secondary N) is 1. The third-order valence-electron chi connectivity index (χ3n) is 3.88. The minimum absolute atomic E-state index is 0.337. The molecule has 0 bridgehead atoms. The molecule has 0 radical (unpaired) electrons. The van der Waals surface area contributed by atoms with Gasteiger partial charge in [0.25, 0.3) is 0 Å². The van der Waals surface area contributed by atoms with Crippen LogP contribution in [0.2, 0.25) is 0 Å². The summed E-state index contributed by atoms with van der Waals surface area (Å²) in [4.78, 5) is 3.12. The van der Waals surface area contributed by atoms with Crippen LogP contribution >= 0.6 is 12.2 Å². The first kappa shape index (κ1) is 13.3. The molecule has 1 unspecified atom stereocenters. The summed E-state index contributed by atoms with van der Waals surface area (Å²) >= 11 is 5.39. The lowest BCUT2D eigenvalue weighted by Crippen LogP contribution is -2.37. The van der Waals surface area contributed by atoms with Gasteiger partial charge in [-0.2, -0.15) is 5.26 Å². The highest BCUT2D eigenvalue weighted by Crippen LogP contribution is 2.27. The fraction of sp³-hybridized carbons (Fsp3) is 0.429. The molecule has 0 aliphatic carbocycles. The molecule has 3 rings (SSSR count). The van der Waals surface area contributed by atoms with Crippen molar-refractivity contribution in [3.8, 4) is 6.07 Å². The van der Waals surface area contributed by atoms with Gasteiger partial charge in [-0.05, 0) is 24.4 Å². The molecule has 1 N–H and O–H groups in total. The minimum atomic E-state index is -0.337. The first-order valence-electron chi connectivity index (χ1n) is 6.44. The number of aromatic amines is 1. The fourth-order valence-electron chi connectivity index (χ4n) is 2.66. The van der Waals surface area contributed by atoms with Crippen LogP contribution in [-0.2, 0) is 16.0 Å². The summed E-state index contributed by atoms with van der Waals surface area (Å²) in [6.45, 7) is 1.89. The molecule has 1 saturated heterocycles. The van der Waals surface area contributed by atoms with Crippen LogP contribution in [0.25, 0.3) is 11.0 Å². The largest absolute Gasteiger partial charge is 0.378 e. The topological polar surface area (TPSA) is 63.0 Å². The highest BCUT2D eigenvalue weighted by Gasteiger charge is 2.36. The summed E-state index contributed by atoms with van der Waals surface area (Å²) in [6, 6.07) is 7.79. The number of imidazole rings is 1. The van der Waals surface area contributed by atoms with Gasteiger partial charge in [0.1, 0.15) is 11.7 Å². The molecule has 104 valence electrons. The molecule has 0 amide bonds. The maximum Gasteiger partial charge on any atom is 0.178 e. The van der Waals surface area contributed by atoms with Crippen LogP contribution in [0.4, 0.5) is 0 Å². The molecule has 1 aliphatic rings. The van der Waals surface area contributed by atoms with Gasteiger partial charge in [-0.15, -0.1) is 0 Å². The summed E-state index contributed by atoms with van der Waals surface area (Å²) in [6.07, 6.45) is 0.843. The van der Waals surface area contributed by atoms with Gasteiger partial charge < -0.3 is 19.0 Å². The van der Waals surface area contributed by atoms with Crippen LogP contribution < -0.4 is 0 Å². The normalized spacial score (nSPS) is 22.2. The predicted molar refractivity (Wildman–Crippen MR) is 77.0 cm³/mol. The molecule has 6 heteroatoms. The van der Waals surface area contributed by atoms with Gasteiger partial charge in [-0.3, -0.25) is 0 Å². The number of methoxy groups -OCH3 is 1. The van der Waals surface area contributed by atoms with Crippen LogP contribution in [0.3, 0.4) is 0 Å². The van der Waals surface area contributed by atoms with Gasteiger partial charge in [0.05, 0.1) is 29.7 Å². The van der Waals surface area contributed by atoms with Gasteiger partial charge in [-0.25, -0.2) is 0 Å². The summed E-state index contributed by atoms with van der Waals surface area (Å²) in [5.41, 5.74) is 1.97. The van der Waals surface area contributed by atoms with Crippen LogP contribution in [0.15, 0.2) is 18.2 Å². The second-order valence-electron chi connectivity index (χ2n) is 5.02. The zero-order chi connectivity index (χ0) is 14.2. The zero-order valence-corrected chi connectivity index (χ0v) is 12.0. The van der Waals surface area contributed by atoms with E-state index in [0.29, 0.717) is 30.1 Å². The standard InChI is InChI=1S/C14H15N3O2S/c1-18-14(5-6-19-9-14)8-17-11-4-2-3-10(7-15)12(11)16-13(17)20/h2-4H,5-6,8-9H2,1H3,(H,16,20). The molecule has 1 aliphatic heterocycles. The monoisotopic (exact) mass is 289 g/mol. The Kier molecular flexibility index (Phi) is 3.34. The molecule has 0 spiro atoms. The van der Waals surface area contributed by atoms with E-state index in [0.717, 1.165) is 17.5 Å². The number of rotatable bonds is 3. The van der Waals surface area contributed by atoms with Crippen molar-refractivity contribution in [3.63, 3.8) is 0 Å². The van der Waals surface area contributed by atoms with E-state index in [1.165, 1.54) is 0 Å². The first-order valence-corrected chi connectivity index (χ1v) is 6.84. The van der Waals surface area contributed by atoms with Crippen molar-refractivity contribution in [3.05, 3.63) is 28.5 Å². The third-order valence-corrected chi connectivity index (χ3v) is 4.20. The van der Waals surface area contributed by atoms with Gasteiger partial charge in [-0.1, -0.05) is 6.07 Å². The number of para-hydroxylation sites is 1. The van der Waals surface area contributed by atoms with E-state index in [9.17, 15) is 0 Å². The Morgan fingerprint density at radius 3 is 3.10 bits per heavy atom. The number of H-pyrrole nitrogens is 1. The van der Waals surface area contributed by atoms with Crippen LogP contribution in [0.1, 0.15) is 12.0 Å². The van der Waals surface area contributed by atoms with Crippen molar-refractivity contribution >= 4 is 23.3 Å². The van der Waals surface area contributed by atoms with E-state index < -0.39 is 0 Å². The van der Waals surface area contributed by atoms with E-state index in [2.05, 4.69) is 11.1 Å². The molecule has 0 saturated carbocycles. The Hall–Kier alpha value is -1.68. The smallest absolute Gasteiger partial charge is 0.178 e. The summed E-state index contributed by atoms with van der Waals surface area (Å²) in [7, 11) is 1.70. The number of nitrogens with zero attached hydrogens (tertiary/aromatic N) is 2. The van der Waals surface area contributed by atoms with Crippen LogP contribution in [0.5, 0.6) is 0 Å².